The first-order valence-corrected chi connectivity index (χ1v) is 6.07. The van der Waals surface area contributed by atoms with Crippen molar-refractivity contribution in [3.63, 3.8) is 0 Å². The summed E-state index contributed by atoms with van der Waals surface area (Å²) < 4.78 is 10.4. The van der Waals surface area contributed by atoms with Crippen molar-refractivity contribution >= 4 is 0 Å². The maximum Gasteiger partial charge on any atom is 0.119 e. The number of rotatable bonds is 7. The van der Waals surface area contributed by atoms with Crippen LogP contribution >= 0.6 is 0 Å². The molecule has 96 valence electrons. The van der Waals surface area contributed by atoms with E-state index in [1.807, 2.05) is 12.1 Å². The van der Waals surface area contributed by atoms with Crippen molar-refractivity contribution < 1.29 is 9.47 Å². The van der Waals surface area contributed by atoms with Crippen molar-refractivity contribution in [3.05, 3.63) is 29.8 Å². The molecule has 0 unspecified atom stereocenters. The predicted octanol–water partition coefficient (Wildman–Crippen LogP) is 2.55. The van der Waals surface area contributed by atoms with Gasteiger partial charge in [0.25, 0.3) is 0 Å². The summed E-state index contributed by atoms with van der Waals surface area (Å²) in [4.78, 5) is 2.39. The Balaban J connectivity index is 2.66. The summed E-state index contributed by atoms with van der Waals surface area (Å²) in [5.41, 5.74) is 1.27. The SMILES string of the molecule is CCN(Cc1cccc(OC)c1)[C@H](C)COC. The third-order valence-corrected chi connectivity index (χ3v) is 2.96. The molecule has 0 aliphatic carbocycles. The minimum atomic E-state index is 0.427. The zero-order valence-corrected chi connectivity index (χ0v) is 11.3. The van der Waals surface area contributed by atoms with Crippen LogP contribution in [0.2, 0.25) is 0 Å². The maximum atomic E-state index is 5.23. The molecule has 1 atom stereocenters. The van der Waals surface area contributed by atoms with Crippen LogP contribution in [0.4, 0.5) is 0 Å². The van der Waals surface area contributed by atoms with Gasteiger partial charge in [0, 0.05) is 19.7 Å². The number of methoxy groups -OCH3 is 2. The summed E-state index contributed by atoms with van der Waals surface area (Å²) in [6, 6.07) is 8.64. The lowest BCUT2D eigenvalue weighted by molar-refractivity contribution is 0.0981. The van der Waals surface area contributed by atoms with E-state index in [1.54, 1.807) is 14.2 Å². The fourth-order valence-electron chi connectivity index (χ4n) is 1.93. The molecule has 0 aliphatic heterocycles. The molecule has 0 fully saturated rings. The highest BCUT2D eigenvalue weighted by atomic mass is 16.5. The van der Waals surface area contributed by atoms with Gasteiger partial charge < -0.3 is 9.47 Å². The van der Waals surface area contributed by atoms with E-state index in [9.17, 15) is 0 Å². The average molecular weight is 237 g/mol. The average Bonchev–Trinajstić information content (AvgIpc) is 2.36. The molecule has 3 heteroatoms. The highest BCUT2D eigenvalue weighted by Gasteiger charge is 2.12. The van der Waals surface area contributed by atoms with Gasteiger partial charge in [0.05, 0.1) is 13.7 Å². The van der Waals surface area contributed by atoms with Gasteiger partial charge in [0.15, 0.2) is 0 Å². The second-order valence-corrected chi connectivity index (χ2v) is 4.22. The molecular weight excluding hydrogens is 214 g/mol. The maximum absolute atomic E-state index is 5.23. The molecule has 17 heavy (non-hydrogen) atoms. The van der Waals surface area contributed by atoms with Gasteiger partial charge in [-0.15, -0.1) is 0 Å². The van der Waals surface area contributed by atoms with E-state index in [-0.39, 0.29) is 0 Å². The van der Waals surface area contributed by atoms with E-state index in [0.29, 0.717) is 6.04 Å². The molecule has 0 saturated heterocycles. The lowest BCUT2D eigenvalue weighted by atomic mass is 10.1. The van der Waals surface area contributed by atoms with Crippen LogP contribution in [0.1, 0.15) is 19.4 Å². The zero-order chi connectivity index (χ0) is 12.7. The Morgan fingerprint density at radius 1 is 1.29 bits per heavy atom. The van der Waals surface area contributed by atoms with E-state index in [1.165, 1.54) is 5.56 Å². The Hall–Kier alpha value is -1.06. The monoisotopic (exact) mass is 237 g/mol. The highest BCUT2D eigenvalue weighted by Crippen LogP contribution is 2.15. The van der Waals surface area contributed by atoms with Gasteiger partial charge in [-0.3, -0.25) is 4.90 Å². The molecule has 0 heterocycles. The molecule has 0 N–H and O–H groups in total. The Morgan fingerprint density at radius 2 is 2.06 bits per heavy atom. The van der Waals surface area contributed by atoms with Crippen LogP contribution < -0.4 is 4.74 Å². The van der Waals surface area contributed by atoms with Gasteiger partial charge in [0.1, 0.15) is 5.75 Å². The van der Waals surface area contributed by atoms with Crippen LogP contribution in [0.15, 0.2) is 24.3 Å². The van der Waals surface area contributed by atoms with Crippen molar-refractivity contribution in [2.75, 3.05) is 27.4 Å². The van der Waals surface area contributed by atoms with Crippen LogP contribution in [-0.2, 0) is 11.3 Å². The zero-order valence-electron chi connectivity index (χ0n) is 11.3. The summed E-state index contributed by atoms with van der Waals surface area (Å²) in [5, 5.41) is 0. The molecule has 1 aromatic carbocycles. The fourth-order valence-corrected chi connectivity index (χ4v) is 1.93. The first-order chi connectivity index (χ1) is 8.21. The normalized spacial score (nSPS) is 12.8. The third-order valence-electron chi connectivity index (χ3n) is 2.96. The van der Waals surface area contributed by atoms with Crippen LogP contribution in [0, 0.1) is 0 Å². The Morgan fingerprint density at radius 3 is 2.65 bits per heavy atom. The minimum Gasteiger partial charge on any atom is -0.497 e. The highest BCUT2D eigenvalue weighted by molar-refractivity contribution is 5.28. The smallest absolute Gasteiger partial charge is 0.119 e. The van der Waals surface area contributed by atoms with Crippen molar-refractivity contribution in [2.24, 2.45) is 0 Å². The van der Waals surface area contributed by atoms with Crippen LogP contribution in [-0.4, -0.2) is 38.3 Å². The summed E-state index contributed by atoms with van der Waals surface area (Å²) in [6.07, 6.45) is 0. The number of ether oxygens (including phenoxy) is 2. The van der Waals surface area contributed by atoms with E-state index in [0.717, 1.165) is 25.4 Å². The second kappa shape index (κ2) is 7.30. The summed E-state index contributed by atoms with van der Waals surface area (Å²) in [5.74, 6) is 0.915. The molecule has 1 rings (SSSR count). The lowest BCUT2D eigenvalue weighted by Gasteiger charge is -2.27. The molecule has 0 radical (unpaired) electrons. The standard InChI is InChI=1S/C14H23NO2/c1-5-15(12(2)11-16-3)10-13-7-6-8-14(9-13)17-4/h6-9,12H,5,10-11H2,1-4H3/t12-/m1/s1. The largest absolute Gasteiger partial charge is 0.497 e. The molecule has 0 amide bonds. The summed E-state index contributed by atoms with van der Waals surface area (Å²) >= 11 is 0. The van der Waals surface area contributed by atoms with Crippen molar-refractivity contribution in [1.29, 1.82) is 0 Å². The van der Waals surface area contributed by atoms with Crippen molar-refractivity contribution in [2.45, 2.75) is 26.4 Å². The van der Waals surface area contributed by atoms with E-state index in [2.05, 4.69) is 30.9 Å². The third kappa shape index (κ3) is 4.36. The van der Waals surface area contributed by atoms with Gasteiger partial charge in [0.2, 0.25) is 0 Å². The molecule has 3 nitrogen and oxygen atoms in total. The van der Waals surface area contributed by atoms with Gasteiger partial charge >= 0.3 is 0 Å². The number of nitrogens with zero attached hydrogens (tertiary/aromatic N) is 1. The summed E-state index contributed by atoms with van der Waals surface area (Å²) in [6.45, 7) is 7.07. The van der Waals surface area contributed by atoms with Crippen LogP contribution in [0.25, 0.3) is 0 Å². The topological polar surface area (TPSA) is 21.7 Å². The number of hydrogen-bond acceptors (Lipinski definition) is 3. The molecule has 1 aromatic rings. The Labute approximate surface area is 104 Å². The quantitative estimate of drug-likeness (QED) is 0.727. The van der Waals surface area contributed by atoms with E-state index in [4.69, 9.17) is 9.47 Å². The van der Waals surface area contributed by atoms with E-state index < -0.39 is 0 Å². The number of benzene rings is 1. The Bertz CT molecular complexity index is 328. The van der Waals surface area contributed by atoms with E-state index >= 15 is 0 Å². The second-order valence-electron chi connectivity index (χ2n) is 4.22. The molecule has 0 aromatic heterocycles. The van der Waals surface area contributed by atoms with Gasteiger partial charge in [-0.05, 0) is 31.2 Å². The van der Waals surface area contributed by atoms with Gasteiger partial charge in [-0.25, -0.2) is 0 Å². The first kappa shape index (κ1) is 14.0. The Kier molecular flexibility index (Phi) is 6.01. The lowest BCUT2D eigenvalue weighted by Crippen LogP contribution is -2.35. The molecular formula is C14H23NO2. The molecule has 0 aliphatic rings. The number of hydrogen-bond donors (Lipinski definition) is 0. The van der Waals surface area contributed by atoms with Gasteiger partial charge in [-0.1, -0.05) is 19.1 Å². The predicted molar refractivity (Wildman–Crippen MR) is 70.4 cm³/mol. The minimum absolute atomic E-state index is 0.427. The van der Waals surface area contributed by atoms with Crippen molar-refractivity contribution in [3.8, 4) is 5.75 Å². The molecule has 0 saturated carbocycles. The van der Waals surface area contributed by atoms with Crippen molar-refractivity contribution in [1.82, 2.24) is 4.90 Å². The van der Waals surface area contributed by atoms with Crippen LogP contribution in [0.5, 0.6) is 5.75 Å². The first-order valence-electron chi connectivity index (χ1n) is 6.07. The van der Waals surface area contributed by atoms with Gasteiger partial charge in [-0.2, -0.15) is 0 Å². The van der Waals surface area contributed by atoms with Crippen LogP contribution in [0.3, 0.4) is 0 Å². The number of likely N-dealkylation sites (N-methyl/N-ethyl adjacent to an activating group) is 1. The fraction of sp³-hybridized carbons (Fsp3) is 0.571. The summed E-state index contributed by atoms with van der Waals surface area (Å²) in [7, 11) is 3.44. The molecule has 0 spiro atoms. The molecule has 0 bridgehead atoms.